The molecule has 1 aromatic carbocycles. The van der Waals surface area contributed by atoms with Gasteiger partial charge >= 0.3 is 0 Å². The number of benzene rings is 1. The van der Waals surface area contributed by atoms with E-state index in [1.807, 2.05) is 0 Å². The minimum absolute atomic E-state index is 0.0193. The fourth-order valence-corrected chi connectivity index (χ4v) is 1.98. The first-order valence-corrected chi connectivity index (χ1v) is 6.27. The van der Waals surface area contributed by atoms with Gasteiger partial charge in [-0.25, -0.2) is 0 Å². The minimum Gasteiger partial charge on any atom is -0.391 e. The van der Waals surface area contributed by atoms with Crippen LogP contribution in [0.25, 0.3) is 0 Å². The van der Waals surface area contributed by atoms with Gasteiger partial charge in [0.05, 0.1) is 17.1 Å². The van der Waals surface area contributed by atoms with Crippen molar-refractivity contribution in [1.29, 1.82) is 0 Å². The Balaban J connectivity index is 3.05. The summed E-state index contributed by atoms with van der Waals surface area (Å²) in [7, 11) is 0. The summed E-state index contributed by atoms with van der Waals surface area (Å²) in [5, 5.41) is 20.0. The molecule has 18 heavy (non-hydrogen) atoms. The van der Waals surface area contributed by atoms with Gasteiger partial charge in [0.2, 0.25) is 0 Å². The highest BCUT2D eigenvalue weighted by Crippen LogP contribution is 2.25. The Morgan fingerprint density at radius 2 is 1.89 bits per heavy atom. The van der Waals surface area contributed by atoms with E-state index in [9.17, 15) is 15.2 Å². The molecule has 0 bridgehead atoms. The molecular weight excluding hydrogens is 232 g/mol. The molecule has 5 heteroatoms. The number of nitro benzene ring substituents is 1. The maximum absolute atomic E-state index is 10.8. The Hall–Kier alpha value is -1.62. The second-order valence-electron chi connectivity index (χ2n) is 4.22. The highest BCUT2D eigenvalue weighted by molar-refractivity contribution is 5.55. The quantitative estimate of drug-likeness (QED) is 0.598. The number of aliphatic hydroxyl groups is 1. The van der Waals surface area contributed by atoms with Gasteiger partial charge in [0.15, 0.2) is 0 Å². The van der Waals surface area contributed by atoms with Gasteiger partial charge in [-0.15, -0.1) is 0 Å². The first-order valence-electron chi connectivity index (χ1n) is 6.27. The molecule has 0 aliphatic rings. The highest BCUT2D eigenvalue weighted by atomic mass is 16.6. The van der Waals surface area contributed by atoms with Gasteiger partial charge in [-0.1, -0.05) is 13.8 Å². The standard InChI is InChI=1S/C13H20N2O3/c1-3-7-14(8-4-2)12-5-6-13(15(17)18)11(9-12)10-16/h5-6,9,16H,3-4,7-8,10H2,1-2H3. The van der Waals surface area contributed by atoms with Gasteiger partial charge in [-0.05, 0) is 25.0 Å². The molecule has 0 radical (unpaired) electrons. The van der Waals surface area contributed by atoms with Crippen LogP contribution in [-0.4, -0.2) is 23.1 Å². The lowest BCUT2D eigenvalue weighted by Gasteiger charge is -2.24. The number of nitro groups is 1. The van der Waals surface area contributed by atoms with E-state index in [1.165, 1.54) is 6.07 Å². The Labute approximate surface area is 107 Å². The van der Waals surface area contributed by atoms with Gasteiger partial charge in [0.25, 0.3) is 5.69 Å². The molecule has 1 N–H and O–H groups in total. The Kier molecular flexibility index (Phi) is 5.58. The third kappa shape index (κ3) is 3.43. The average molecular weight is 252 g/mol. The summed E-state index contributed by atoms with van der Waals surface area (Å²) in [6.45, 7) is 5.71. The summed E-state index contributed by atoms with van der Waals surface area (Å²) in [6.07, 6.45) is 2.04. The molecule has 0 heterocycles. The average Bonchev–Trinajstić information content (AvgIpc) is 2.37. The molecule has 0 saturated carbocycles. The van der Waals surface area contributed by atoms with Crippen molar-refractivity contribution in [2.45, 2.75) is 33.3 Å². The lowest BCUT2D eigenvalue weighted by molar-refractivity contribution is -0.385. The molecule has 0 unspecified atom stereocenters. The predicted octanol–water partition coefficient (Wildman–Crippen LogP) is 2.71. The summed E-state index contributed by atoms with van der Waals surface area (Å²) < 4.78 is 0. The number of anilines is 1. The second kappa shape index (κ2) is 6.96. The molecule has 0 amide bonds. The topological polar surface area (TPSA) is 66.6 Å². The van der Waals surface area contributed by atoms with Crippen LogP contribution in [0.15, 0.2) is 18.2 Å². The Morgan fingerprint density at radius 1 is 1.28 bits per heavy atom. The summed E-state index contributed by atoms with van der Waals surface area (Å²) in [4.78, 5) is 12.5. The molecule has 0 aliphatic heterocycles. The number of hydrogen-bond donors (Lipinski definition) is 1. The van der Waals surface area contributed by atoms with Gasteiger partial charge in [0.1, 0.15) is 0 Å². The van der Waals surface area contributed by atoms with Gasteiger partial charge in [-0.3, -0.25) is 10.1 Å². The largest absolute Gasteiger partial charge is 0.391 e. The maximum atomic E-state index is 10.8. The van der Waals surface area contributed by atoms with Crippen LogP contribution in [0.1, 0.15) is 32.3 Å². The van der Waals surface area contributed by atoms with Crippen LogP contribution in [0.5, 0.6) is 0 Å². The fourth-order valence-electron chi connectivity index (χ4n) is 1.98. The molecule has 0 saturated heterocycles. The van der Waals surface area contributed by atoms with E-state index in [-0.39, 0.29) is 12.3 Å². The molecule has 0 atom stereocenters. The van der Waals surface area contributed by atoms with Crippen LogP contribution in [0.2, 0.25) is 0 Å². The van der Waals surface area contributed by atoms with E-state index >= 15 is 0 Å². The summed E-state index contributed by atoms with van der Waals surface area (Å²) in [6, 6.07) is 4.94. The van der Waals surface area contributed by atoms with Crippen LogP contribution in [-0.2, 0) is 6.61 Å². The molecule has 1 rings (SSSR count). The minimum atomic E-state index is -0.459. The number of nitrogens with zero attached hydrogens (tertiary/aromatic N) is 2. The normalized spacial score (nSPS) is 10.4. The highest BCUT2D eigenvalue weighted by Gasteiger charge is 2.15. The fraction of sp³-hybridized carbons (Fsp3) is 0.538. The van der Waals surface area contributed by atoms with E-state index in [0.29, 0.717) is 5.56 Å². The zero-order valence-corrected chi connectivity index (χ0v) is 10.9. The first kappa shape index (κ1) is 14.4. The molecule has 1 aromatic rings. The molecule has 0 aliphatic carbocycles. The third-order valence-electron chi connectivity index (χ3n) is 2.78. The van der Waals surface area contributed by atoms with Crippen LogP contribution in [0, 0.1) is 10.1 Å². The van der Waals surface area contributed by atoms with Crippen LogP contribution < -0.4 is 4.90 Å². The molecule has 0 spiro atoms. The number of aliphatic hydroxyl groups excluding tert-OH is 1. The van der Waals surface area contributed by atoms with Crippen molar-refractivity contribution in [3.63, 3.8) is 0 Å². The second-order valence-corrected chi connectivity index (χ2v) is 4.22. The molecular formula is C13H20N2O3. The molecule has 0 fully saturated rings. The summed E-state index contributed by atoms with van der Waals surface area (Å²) >= 11 is 0. The number of rotatable bonds is 7. The predicted molar refractivity (Wildman–Crippen MR) is 71.8 cm³/mol. The maximum Gasteiger partial charge on any atom is 0.275 e. The van der Waals surface area contributed by atoms with Crippen molar-refractivity contribution in [3.8, 4) is 0 Å². The van der Waals surface area contributed by atoms with Crippen molar-refractivity contribution < 1.29 is 10.0 Å². The number of hydrogen-bond acceptors (Lipinski definition) is 4. The van der Waals surface area contributed by atoms with Crippen LogP contribution in [0.4, 0.5) is 11.4 Å². The first-order chi connectivity index (χ1) is 8.63. The Bertz CT molecular complexity index is 401. The van der Waals surface area contributed by atoms with Crippen molar-refractivity contribution in [2.75, 3.05) is 18.0 Å². The van der Waals surface area contributed by atoms with Gasteiger partial charge < -0.3 is 10.0 Å². The van der Waals surface area contributed by atoms with Crippen molar-refractivity contribution in [2.24, 2.45) is 0 Å². The van der Waals surface area contributed by atoms with E-state index < -0.39 is 4.92 Å². The van der Waals surface area contributed by atoms with Crippen LogP contribution >= 0.6 is 0 Å². The van der Waals surface area contributed by atoms with E-state index in [1.54, 1.807) is 12.1 Å². The van der Waals surface area contributed by atoms with Crippen molar-refractivity contribution in [1.82, 2.24) is 0 Å². The smallest absolute Gasteiger partial charge is 0.275 e. The Morgan fingerprint density at radius 3 is 2.33 bits per heavy atom. The zero-order valence-electron chi connectivity index (χ0n) is 10.9. The van der Waals surface area contributed by atoms with Gasteiger partial charge in [-0.2, -0.15) is 0 Å². The van der Waals surface area contributed by atoms with E-state index in [2.05, 4.69) is 18.7 Å². The van der Waals surface area contributed by atoms with Gasteiger partial charge in [0, 0.05) is 24.8 Å². The lowest BCUT2D eigenvalue weighted by atomic mass is 10.1. The third-order valence-corrected chi connectivity index (χ3v) is 2.78. The lowest BCUT2D eigenvalue weighted by Crippen LogP contribution is -2.24. The van der Waals surface area contributed by atoms with E-state index in [0.717, 1.165) is 31.6 Å². The van der Waals surface area contributed by atoms with Crippen molar-refractivity contribution in [3.05, 3.63) is 33.9 Å². The monoisotopic (exact) mass is 252 g/mol. The SMILES string of the molecule is CCCN(CCC)c1ccc([N+](=O)[O-])c(CO)c1. The zero-order chi connectivity index (χ0) is 13.5. The molecule has 5 nitrogen and oxygen atoms in total. The summed E-state index contributed by atoms with van der Waals surface area (Å²) in [5.41, 5.74) is 1.29. The summed E-state index contributed by atoms with van der Waals surface area (Å²) in [5.74, 6) is 0. The van der Waals surface area contributed by atoms with E-state index in [4.69, 9.17) is 0 Å². The molecule has 100 valence electrons. The van der Waals surface area contributed by atoms with Crippen molar-refractivity contribution >= 4 is 11.4 Å². The van der Waals surface area contributed by atoms with Crippen LogP contribution in [0.3, 0.4) is 0 Å². The molecule has 0 aromatic heterocycles.